The van der Waals surface area contributed by atoms with Gasteiger partial charge < -0.3 is 30.1 Å². The minimum Gasteiger partial charge on any atom is -0.378 e. The molecular weight excluding hydrogens is 414 g/mol. The van der Waals surface area contributed by atoms with Gasteiger partial charge in [0.1, 0.15) is 12.1 Å². The van der Waals surface area contributed by atoms with Gasteiger partial charge in [0.2, 0.25) is 11.8 Å². The fourth-order valence-electron chi connectivity index (χ4n) is 4.30. The maximum Gasteiger partial charge on any atom is 0.320 e. The fourth-order valence-corrected chi connectivity index (χ4v) is 4.30. The van der Waals surface area contributed by atoms with Gasteiger partial charge in [-0.15, -0.1) is 0 Å². The first-order valence-corrected chi connectivity index (χ1v) is 11.1. The molecular formula is C22H29N5O5. The van der Waals surface area contributed by atoms with Crippen molar-refractivity contribution in [2.24, 2.45) is 0 Å². The van der Waals surface area contributed by atoms with E-state index in [0.29, 0.717) is 51.4 Å². The van der Waals surface area contributed by atoms with Gasteiger partial charge in [-0.05, 0) is 25.0 Å². The number of carbonyl (C=O) groups is 4. The van der Waals surface area contributed by atoms with Crippen LogP contribution >= 0.6 is 0 Å². The summed E-state index contributed by atoms with van der Waals surface area (Å²) >= 11 is 0. The Morgan fingerprint density at radius 2 is 1.75 bits per heavy atom. The minimum absolute atomic E-state index is 0.0783. The highest BCUT2D eigenvalue weighted by Gasteiger charge is 2.40. The van der Waals surface area contributed by atoms with Crippen LogP contribution in [0.2, 0.25) is 0 Å². The van der Waals surface area contributed by atoms with E-state index in [9.17, 15) is 19.2 Å². The largest absolute Gasteiger partial charge is 0.378 e. The highest BCUT2D eigenvalue weighted by Crippen LogP contribution is 2.17. The molecule has 3 aliphatic heterocycles. The Labute approximate surface area is 186 Å². The number of benzene rings is 1. The molecule has 0 spiro atoms. The second-order valence-electron chi connectivity index (χ2n) is 8.20. The van der Waals surface area contributed by atoms with Crippen LogP contribution in [-0.2, 0) is 14.3 Å². The van der Waals surface area contributed by atoms with Gasteiger partial charge in [-0.2, -0.15) is 0 Å². The van der Waals surface area contributed by atoms with Gasteiger partial charge in [0, 0.05) is 38.3 Å². The zero-order valence-electron chi connectivity index (χ0n) is 18.0. The van der Waals surface area contributed by atoms with Crippen molar-refractivity contribution < 1.29 is 23.9 Å². The zero-order valence-corrected chi connectivity index (χ0v) is 18.0. The molecule has 0 aromatic heterocycles. The summed E-state index contributed by atoms with van der Waals surface area (Å²) in [7, 11) is 0. The molecule has 4 rings (SSSR count). The molecule has 10 nitrogen and oxygen atoms in total. The van der Waals surface area contributed by atoms with E-state index in [1.54, 1.807) is 34.1 Å². The molecule has 0 saturated carbocycles. The summed E-state index contributed by atoms with van der Waals surface area (Å²) in [5, 5.41) is 5.55. The molecule has 3 heterocycles. The van der Waals surface area contributed by atoms with E-state index in [1.807, 2.05) is 6.07 Å². The molecule has 5 amide bonds. The van der Waals surface area contributed by atoms with E-state index in [2.05, 4.69) is 10.6 Å². The molecule has 32 heavy (non-hydrogen) atoms. The summed E-state index contributed by atoms with van der Waals surface area (Å²) < 4.78 is 5.32. The lowest BCUT2D eigenvalue weighted by Crippen LogP contribution is -2.65. The van der Waals surface area contributed by atoms with E-state index >= 15 is 0 Å². The van der Waals surface area contributed by atoms with Gasteiger partial charge >= 0.3 is 6.03 Å². The second-order valence-corrected chi connectivity index (χ2v) is 8.20. The van der Waals surface area contributed by atoms with Crippen LogP contribution in [0.1, 0.15) is 23.2 Å². The number of amides is 5. The average Bonchev–Trinajstić information content (AvgIpc) is 2.85. The van der Waals surface area contributed by atoms with E-state index < -0.39 is 18.0 Å². The molecule has 10 heteroatoms. The number of morpholine rings is 1. The number of nitrogens with zero attached hydrogens (tertiary/aromatic N) is 3. The molecule has 1 aromatic carbocycles. The van der Waals surface area contributed by atoms with Crippen molar-refractivity contribution in [1.29, 1.82) is 0 Å². The number of nitrogens with one attached hydrogen (secondary N) is 2. The highest BCUT2D eigenvalue weighted by molar-refractivity contribution is 5.99. The molecule has 2 atom stereocenters. The number of piperidine rings is 1. The number of ether oxygens (including phenoxy) is 1. The van der Waals surface area contributed by atoms with Crippen LogP contribution < -0.4 is 10.6 Å². The third-order valence-electron chi connectivity index (χ3n) is 6.12. The first kappa shape index (κ1) is 22.1. The quantitative estimate of drug-likeness (QED) is 0.664. The zero-order chi connectivity index (χ0) is 22.5. The minimum atomic E-state index is -0.879. The van der Waals surface area contributed by atoms with Crippen LogP contribution in [-0.4, -0.2) is 103 Å². The number of hydrogen-bond donors (Lipinski definition) is 2. The van der Waals surface area contributed by atoms with Crippen LogP contribution in [0, 0.1) is 0 Å². The lowest BCUT2D eigenvalue weighted by Gasteiger charge is -2.43. The van der Waals surface area contributed by atoms with Crippen molar-refractivity contribution in [2.75, 3.05) is 52.5 Å². The Kier molecular flexibility index (Phi) is 6.89. The molecule has 1 aromatic rings. The molecule has 172 valence electrons. The van der Waals surface area contributed by atoms with Crippen LogP contribution in [0.4, 0.5) is 4.79 Å². The average molecular weight is 444 g/mol. The third-order valence-corrected chi connectivity index (χ3v) is 6.12. The normalized spacial score (nSPS) is 24.0. The summed E-state index contributed by atoms with van der Waals surface area (Å²) in [4.78, 5) is 56.4. The summed E-state index contributed by atoms with van der Waals surface area (Å²) in [6.07, 6.45) is 1.32. The Morgan fingerprint density at radius 3 is 2.47 bits per heavy atom. The van der Waals surface area contributed by atoms with Gasteiger partial charge in [0.05, 0.1) is 19.8 Å². The first-order valence-electron chi connectivity index (χ1n) is 11.1. The van der Waals surface area contributed by atoms with Crippen molar-refractivity contribution in [1.82, 2.24) is 25.3 Å². The Morgan fingerprint density at radius 1 is 1.00 bits per heavy atom. The topological polar surface area (TPSA) is 111 Å². The molecule has 3 fully saturated rings. The maximum absolute atomic E-state index is 13.2. The van der Waals surface area contributed by atoms with E-state index in [-0.39, 0.29) is 30.9 Å². The van der Waals surface area contributed by atoms with Crippen molar-refractivity contribution >= 4 is 23.8 Å². The summed E-state index contributed by atoms with van der Waals surface area (Å²) in [6.45, 7) is 3.21. The van der Waals surface area contributed by atoms with Crippen LogP contribution in [0.5, 0.6) is 0 Å². The number of carbonyl (C=O) groups excluding carboxylic acids is 4. The Balaban J connectivity index is 1.51. The molecule has 0 bridgehead atoms. The van der Waals surface area contributed by atoms with Gasteiger partial charge in [-0.3, -0.25) is 14.4 Å². The van der Waals surface area contributed by atoms with E-state index in [0.717, 1.165) is 6.42 Å². The van der Waals surface area contributed by atoms with Gasteiger partial charge in [0.15, 0.2) is 0 Å². The SMILES string of the molecule is O=C1NCCC[C@H]1NC(=O)[C@@H]1CN(C(=O)N2CCOCC2)CCN1C(=O)c1ccccc1. The first-order chi connectivity index (χ1) is 15.5. The van der Waals surface area contributed by atoms with Gasteiger partial charge in [-0.25, -0.2) is 4.79 Å². The van der Waals surface area contributed by atoms with Crippen LogP contribution in [0.25, 0.3) is 0 Å². The van der Waals surface area contributed by atoms with Crippen LogP contribution in [0.3, 0.4) is 0 Å². The molecule has 0 radical (unpaired) electrons. The molecule has 2 N–H and O–H groups in total. The number of urea groups is 1. The van der Waals surface area contributed by atoms with E-state index in [4.69, 9.17) is 4.74 Å². The molecule has 3 saturated heterocycles. The predicted octanol–water partition coefficient (Wildman–Crippen LogP) is -0.340. The Hall–Kier alpha value is -3.14. The number of piperazine rings is 1. The fraction of sp³-hybridized carbons (Fsp3) is 0.545. The summed E-state index contributed by atoms with van der Waals surface area (Å²) in [6, 6.07) is 7.11. The van der Waals surface area contributed by atoms with Crippen molar-refractivity contribution in [3.05, 3.63) is 35.9 Å². The standard InChI is InChI=1S/C22H29N5O5/c28-19-17(7-4-8-23-19)24-20(29)18-15-26(22(31)25-11-13-32-14-12-25)9-10-27(18)21(30)16-5-2-1-3-6-16/h1-3,5-6,17-18H,4,7-15H2,(H,23,28)(H,24,29)/t17-,18+/m1/s1. The summed E-state index contributed by atoms with van der Waals surface area (Å²) in [5.41, 5.74) is 0.480. The molecule has 3 aliphatic rings. The third kappa shape index (κ3) is 4.85. The lowest BCUT2D eigenvalue weighted by molar-refractivity contribution is -0.133. The molecule has 0 unspecified atom stereocenters. The van der Waals surface area contributed by atoms with Crippen LogP contribution in [0.15, 0.2) is 30.3 Å². The number of hydrogen-bond acceptors (Lipinski definition) is 5. The van der Waals surface area contributed by atoms with E-state index in [1.165, 1.54) is 4.90 Å². The van der Waals surface area contributed by atoms with Crippen molar-refractivity contribution in [3.63, 3.8) is 0 Å². The second kappa shape index (κ2) is 9.99. The molecule has 0 aliphatic carbocycles. The summed E-state index contributed by atoms with van der Waals surface area (Å²) in [5.74, 6) is -0.907. The lowest BCUT2D eigenvalue weighted by atomic mass is 10.0. The monoisotopic (exact) mass is 443 g/mol. The Bertz CT molecular complexity index is 858. The van der Waals surface area contributed by atoms with Gasteiger partial charge in [-0.1, -0.05) is 18.2 Å². The smallest absolute Gasteiger partial charge is 0.320 e. The van der Waals surface area contributed by atoms with Crippen molar-refractivity contribution in [2.45, 2.75) is 24.9 Å². The predicted molar refractivity (Wildman–Crippen MR) is 115 cm³/mol. The maximum atomic E-state index is 13.2. The number of rotatable bonds is 3. The highest BCUT2D eigenvalue weighted by atomic mass is 16.5. The van der Waals surface area contributed by atoms with Crippen molar-refractivity contribution in [3.8, 4) is 0 Å². The van der Waals surface area contributed by atoms with Gasteiger partial charge in [0.25, 0.3) is 5.91 Å².